The topological polar surface area (TPSA) is 93.7 Å². The van der Waals surface area contributed by atoms with Gasteiger partial charge in [0.25, 0.3) is 0 Å². The Balaban J connectivity index is 1.62. The number of carbonyl (C=O) groups excluding carboxylic acids is 3. The Kier molecular flexibility index (Phi) is 10.2. The van der Waals surface area contributed by atoms with E-state index < -0.39 is 32.1 Å². The molecule has 2 atom stereocenters. The Hall–Kier alpha value is -4.69. The van der Waals surface area contributed by atoms with Gasteiger partial charge in [-0.15, -0.1) is 0 Å². The highest BCUT2D eigenvalue weighted by Crippen LogP contribution is 2.32. The smallest absolute Gasteiger partial charge is 0.408 e. The summed E-state index contributed by atoms with van der Waals surface area (Å²) in [6.07, 6.45) is 1.38. The normalized spacial score (nSPS) is 13.1. The van der Waals surface area contributed by atoms with Crippen LogP contribution in [0.3, 0.4) is 0 Å². The lowest BCUT2D eigenvalue weighted by molar-refractivity contribution is -0.118. The monoisotopic (exact) mass is 594 g/mol. The number of alkyl carbamates (subject to hydrolysis) is 1. The summed E-state index contributed by atoms with van der Waals surface area (Å²) in [5.74, 6) is -1.09. The Morgan fingerprint density at radius 3 is 2.14 bits per heavy atom. The van der Waals surface area contributed by atoms with Crippen LogP contribution in [0.2, 0.25) is 19.6 Å². The van der Waals surface area contributed by atoms with Gasteiger partial charge in [0.15, 0.2) is 0 Å². The van der Waals surface area contributed by atoms with Crippen LogP contribution >= 0.6 is 0 Å². The summed E-state index contributed by atoms with van der Waals surface area (Å²) in [6, 6.07) is 29.6. The molecule has 0 aliphatic carbocycles. The van der Waals surface area contributed by atoms with Crippen LogP contribution < -0.4 is 10.6 Å². The summed E-state index contributed by atoms with van der Waals surface area (Å²) >= 11 is 0. The lowest BCUT2D eigenvalue weighted by Crippen LogP contribution is -2.39. The maximum atomic E-state index is 13.4. The molecule has 0 radical (unpaired) electrons. The summed E-state index contributed by atoms with van der Waals surface area (Å²) in [6.45, 7) is 8.47. The van der Waals surface area contributed by atoms with Gasteiger partial charge >= 0.3 is 12.1 Å². The fourth-order valence-electron chi connectivity index (χ4n) is 4.80. The third-order valence-electron chi connectivity index (χ3n) is 7.18. The number of rotatable bonds is 10. The van der Waals surface area contributed by atoms with Gasteiger partial charge in [0.1, 0.15) is 6.61 Å². The van der Waals surface area contributed by atoms with E-state index in [1.165, 1.54) is 7.11 Å². The predicted molar refractivity (Wildman–Crippen MR) is 173 cm³/mol. The first-order valence-electron chi connectivity index (χ1n) is 14.2. The van der Waals surface area contributed by atoms with E-state index in [0.717, 1.165) is 32.8 Å². The minimum Gasteiger partial charge on any atom is -0.465 e. The Labute approximate surface area is 253 Å². The molecule has 43 heavy (non-hydrogen) atoms. The van der Waals surface area contributed by atoms with Crippen molar-refractivity contribution in [1.82, 2.24) is 5.32 Å². The van der Waals surface area contributed by atoms with Gasteiger partial charge in [-0.3, -0.25) is 4.79 Å². The van der Waals surface area contributed by atoms with Gasteiger partial charge in [0.05, 0.1) is 32.7 Å². The quantitative estimate of drug-likeness (QED) is 0.145. The van der Waals surface area contributed by atoms with E-state index in [1.807, 2.05) is 85.8 Å². The van der Waals surface area contributed by atoms with Crippen molar-refractivity contribution in [2.45, 2.75) is 39.2 Å². The van der Waals surface area contributed by atoms with E-state index in [4.69, 9.17) is 9.47 Å². The first-order valence-corrected chi connectivity index (χ1v) is 17.7. The standard InChI is InChI=1S/C35H38N2O5Si/c1-24(33(38)36-30-20-19-26-13-9-10-14-29(26)22-30)21-31(43(3,4)5)32(27-15-17-28(18-16-27)34(39)41-2)37-35(40)42-23-25-11-7-6-8-12-25/h6-22,24,32H,23H2,1-5H3,(H,36,38)(H,37,40)/b31-21-/t24-,32+/m1/s1. The number of nitrogens with one attached hydrogen (secondary N) is 2. The lowest BCUT2D eigenvalue weighted by atomic mass is 10.0. The third-order valence-corrected chi connectivity index (χ3v) is 9.36. The van der Waals surface area contributed by atoms with Crippen molar-refractivity contribution < 1.29 is 23.9 Å². The minimum atomic E-state index is -2.15. The summed E-state index contributed by atoms with van der Waals surface area (Å²) in [5.41, 5.74) is 2.76. The summed E-state index contributed by atoms with van der Waals surface area (Å²) in [7, 11) is -0.813. The average molecular weight is 595 g/mol. The molecule has 0 aliphatic rings. The Morgan fingerprint density at radius 2 is 1.49 bits per heavy atom. The molecule has 0 saturated carbocycles. The highest BCUT2D eigenvalue weighted by atomic mass is 28.3. The third kappa shape index (κ3) is 8.42. The van der Waals surface area contributed by atoms with Crippen molar-refractivity contribution >= 4 is 42.5 Å². The van der Waals surface area contributed by atoms with Crippen molar-refractivity contribution in [3.05, 3.63) is 125 Å². The van der Waals surface area contributed by atoms with Crippen LogP contribution in [0, 0.1) is 5.92 Å². The molecule has 0 unspecified atom stereocenters. The van der Waals surface area contributed by atoms with Crippen molar-refractivity contribution in [3.8, 4) is 0 Å². The second kappa shape index (κ2) is 14.0. The fraction of sp³-hybridized carbons (Fsp3) is 0.229. The molecular weight excluding hydrogens is 556 g/mol. The molecule has 7 nitrogen and oxygen atoms in total. The van der Waals surface area contributed by atoms with Crippen molar-refractivity contribution in [1.29, 1.82) is 0 Å². The van der Waals surface area contributed by atoms with E-state index in [1.54, 1.807) is 24.3 Å². The van der Waals surface area contributed by atoms with Gasteiger partial charge in [-0.1, -0.05) is 111 Å². The molecule has 0 fully saturated rings. The van der Waals surface area contributed by atoms with Crippen LogP contribution in [0.4, 0.5) is 10.5 Å². The largest absolute Gasteiger partial charge is 0.465 e. The predicted octanol–water partition coefficient (Wildman–Crippen LogP) is 7.67. The number of hydrogen-bond acceptors (Lipinski definition) is 5. The number of ether oxygens (including phenoxy) is 2. The van der Waals surface area contributed by atoms with Crippen LogP contribution in [-0.2, 0) is 20.9 Å². The molecule has 0 bridgehead atoms. The van der Waals surface area contributed by atoms with Crippen molar-refractivity contribution in [2.75, 3.05) is 12.4 Å². The molecule has 0 spiro atoms. The number of anilines is 1. The number of methoxy groups -OCH3 is 1. The van der Waals surface area contributed by atoms with Crippen LogP contribution in [-0.4, -0.2) is 33.2 Å². The molecule has 2 N–H and O–H groups in total. The molecule has 0 saturated heterocycles. The van der Waals surface area contributed by atoms with E-state index in [2.05, 4.69) is 30.3 Å². The molecule has 4 aromatic carbocycles. The SMILES string of the molecule is COC(=O)c1ccc([C@H](NC(=O)OCc2ccccc2)/C(=C/[C@@H](C)C(=O)Nc2ccc3ccccc3c2)[Si](C)(C)C)cc1. The fourth-order valence-corrected chi connectivity index (χ4v) is 6.66. The Morgan fingerprint density at radius 1 is 0.837 bits per heavy atom. The first-order chi connectivity index (χ1) is 20.5. The first kappa shape index (κ1) is 31.2. The Bertz CT molecular complexity index is 1610. The van der Waals surface area contributed by atoms with Crippen LogP contribution in [0.5, 0.6) is 0 Å². The second-order valence-electron chi connectivity index (χ2n) is 11.5. The van der Waals surface area contributed by atoms with E-state index in [0.29, 0.717) is 5.56 Å². The molecular formula is C35H38N2O5Si. The zero-order chi connectivity index (χ0) is 31.0. The van der Waals surface area contributed by atoms with Crippen LogP contribution in [0.1, 0.15) is 34.5 Å². The summed E-state index contributed by atoms with van der Waals surface area (Å²) in [4.78, 5) is 38.6. The molecule has 2 amide bonds. The van der Waals surface area contributed by atoms with Gasteiger partial charge in [0.2, 0.25) is 5.91 Å². The van der Waals surface area contributed by atoms with Gasteiger partial charge < -0.3 is 20.1 Å². The number of carbonyl (C=O) groups is 3. The number of hydrogen-bond donors (Lipinski definition) is 2. The van der Waals surface area contributed by atoms with Gasteiger partial charge in [-0.05, 0) is 46.2 Å². The summed E-state index contributed by atoms with van der Waals surface area (Å²) < 4.78 is 10.4. The number of amides is 2. The van der Waals surface area contributed by atoms with Crippen molar-refractivity contribution in [2.24, 2.45) is 5.92 Å². The minimum absolute atomic E-state index is 0.122. The molecule has 222 valence electrons. The molecule has 0 aromatic heterocycles. The van der Waals surface area contributed by atoms with E-state index in [9.17, 15) is 14.4 Å². The number of fused-ring (bicyclic) bond motifs is 1. The second-order valence-corrected chi connectivity index (χ2v) is 16.5. The molecule has 4 aromatic rings. The average Bonchev–Trinajstić information content (AvgIpc) is 3.01. The van der Waals surface area contributed by atoms with Gasteiger partial charge in [0, 0.05) is 5.69 Å². The lowest BCUT2D eigenvalue weighted by Gasteiger charge is -2.31. The van der Waals surface area contributed by atoms with E-state index in [-0.39, 0.29) is 12.5 Å². The molecule has 0 aliphatic heterocycles. The van der Waals surface area contributed by atoms with Gasteiger partial charge in [-0.2, -0.15) is 0 Å². The van der Waals surface area contributed by atoms with Crippen LogP contribution in [0.15, 0.2) is 108 Å². The maximum absolute atomic E-state index is 13.4. The highest BCUT2D eigenvalue weighted by molar-refractivity contribution is 6.83. The number of benzene rings is 4. The highest BCUT2D eigenvalue weighted by Gasteiger charge is 2.31. The molecule has 8 heteroatoms. The zero-order valence-electron chi connectivity index (χ0n) is 25.2. The van der Waals surface area contributed by atoms with Crippen molar-refractivity contribution in [3.63, 3.8) is 0 Å². The molecule has 0 heterocycles. The molecule has 4 rings (SSSR count). The van der Waals surface area contributed by atoms with Gasteiger partial charge in [-0.25, -0.2) is 9.59 Å². The number of esters is 1. The summed E-state index contributed by atoms with van der Waals surface area (Å²) in [5, 5.41) is 9.18. The van der Waals surface area contributed by atoms with Crippen LogP contribution in [0.25, 0.3) is 10.8 Å². The maximum Gasteiger partial charge on any atom is 0.408 e. The van der Waals surface area contributed by atoms with E-state index >= 15 is 0 Å². The zero-order valence-corrected chi connectivity index (χ0v) is 26.2.